The normalized spacial score (nSPS) is 13.8. The highest BCUT2D eigenvalue weighted by atomic mass is 16.5. The molecule has 106 valence electrons. The molecule has 1 aromatic carbocycles. The summed E-state index contributed by atoms with van der Waals surface area (Å²) in [5.74, 6) is 0.0281. The number of benzene rings is 1. The Balaban J connectivity index is 2.41. The summed E-state index contributed by atoms with van der Waals surface area (Å²) < 4.78 is 5.60. The third-order valence-electron chi connectivity index (χ3n) is 3.53. The quantitative estimate of drug-likeness (QED) is 0.709. The second-order valence-corrected chi connectivity index (χ2v) is 4.76. The number of likely N-dealkylation sites (N-methyl/N-ethyl adjacent to an activating group) is 1. The first-order valence-corrected chi connectivity index (χ1v) is 6.66. The van der Waals surface area contributed by atoms with Crippen molar-refractivity contribution in [2.45, 2.75) is 38.6 Å². The van der Waals surface area contributed by atoms with Crippen LogP contribution in [0.5, 0.6) is 5.75 Å². The van der Waals surface area contributed by atoms with Crippen LogP contribution in [0.15, 0.2) is 24.3 Å². The monoisotopic (exact) mass is 265 g/mol. The highest BCUT2D eigenvalue weighted by molar-refractivity contribution is 5.78. The summed E-state index contributed by atoms with van der Waals surface area (Å²) in [6, 6.07) is 7.85. The number of ether oxygens (including phenoxy) is 1. The largest absolute Gasteiger partial charge is 0.494 e. The van der Waals surface area contributed by atoms with Crippen molar-refractivity contribution in [2.24, 2.45) is 0 Å². The molecule has 0 bridgehead atoms. The van der Waals surface area contributed by atoms with Crippen molar-refractivity contribution in [3.63, 3.8) is 0 Å². The number of hydrogen-bond donors (Lipinski definition) is 2. The van der Waals surface area contributed by atoms with Crippen molar-refractivity contribution in [1.29, 1.82) is 0 Å². The molecule has 4 nitrogen and oxygen atoms in total. The fourth-order valence-corrected chi connectivity index (χ4v) is 2.04. The van der Waals surface area contributed by atoms with E-state index in [0.29, 0.717) is 25.9 Å². The lowest BCUT2D eigenvalue weighted by molar-refractivity contribution is -0.145. The van der Waals surface area contributed by atoms with E-state index in [4.69, 9.17) is 4.74 Å². The van der Waals surface area contributed by atoms with Crippen LogP contribution in [0, 0.1) is 6.92 Å². The Morgan fingerprint density at radius 3 is 2.47 bits per heavy atom. The van der Waals surface area contributed by atoms with Gasteiger partial charge in [-0.2, -0.15) is 0 Å². The van der Waals surface area contributed by atoms with Crippen LogP contribution in [-0.4, -0.2) is 30.3 Å². The Hall–Kier alpha value is -1.55. The molecular weight excluding hydrogens is 242 g/mol. The van der Waals surface area contributed by atoms with E-state index in [-0.39, 0.29) is 0 Å². The van der Waals surface area contributed by atoms with Gasteiger partial charge in [-0.1, -0.05) is 24.6 Å². The zero-order chi connectivity index (χ0) is 14.3. The summed E-state index contributed by atoms with van der Waals surface area (Å²) in [6.07, 6.45) is 1.82. The van der Waals surface area contributed by atoms with Crippen molar-refractivity contribution in [3.8, 4) is 5.75 Å². The maximum Gasteiger partial charge on any atom is 0.323 e. The first kappa shape index (κ1) is 15.5. The number of aryl methyl sites for hydroxylation is 1. The summed E-state index contributed by atoms with van der Waals surface area (Å²) in [5, 5.41) is 12.2. The van der Waals surface area contributed by atoms with E-state index in [0.717, 1.165) is 5.75 Å². The van der Waals surface area contributed by atoms with E-state index >= 15 is 0 Å². The van der Waals surface area contributed by atoms with Gasteiger partial charge in [0.15, 0.2) is 0 Å². The van der Waals surface area contributed by atoms with Gasteiger partial charge in [-0.25, -0.2) is 0 Å². The maximum atomic E-state index is 11.3. The van der Waals surface area contributed by atoms with E-state index in [1.54, 1.807) is 7.05 Å². The average Bonchev–Trinajstić information content (AvgIpc) is 2.41. The first-order valence-electron chi connectivity index (χ1n) is 6.66. The lowest BCUT2D eigenvalue weighted by Crippen LogP contribution is -2.50. The lowest BCUT2D eigenvalue weighted by atomic mass is 9.91. The van der Waals surface area contributed by atoms with Crippen molar-refractivity contribution in [2.75, 3.05) is 13.7 Å². The predicted octanol–water partition coefficient (Wildman–Crippen LogP) is 2.61. The summed E-state index contributed by atoms with van der Waals surface area (Å²) in [5.41, 5.74) is 0.356. The van der Waals surface area contributed by atoms with Gasteiger partial charge in [-0.3, -0.25) is 4.79 Å². The maximum absolute atomic E-state index is 11.3. The van der Waals surface area contributed by atoms with Crippen LogP contribution < -0.4 is 10.1 Å². The lowest BCUT2D eigenvalue weighted by Gasteiger charge is -2.27. The standard InChI is InChI=1S/C15H23NO3/c1-4-15(16-3,14(17)18)10-5-11-19-13-8-6-12(2)7-9-13/h6-9,16H,4-5,10-11H2,1-3H3,(H,17,18). The van der Waals surface area contributed by atoms with Gasteiger partial charge < -0.3 is 15.2 Å². The molecule has 1 aromatic rings. The molecule has 0 amide bonds. The molecule has 0 fully saturated rings. The Labute approximate surface area is 114 Å². The third-order valence-corrected chi connectivity index (χ3v) is 3.53. The van der Waals surface area contributed by atoms with Gasteiger partial charge in [0.05, 0.1) is 6.61 Å². The molecular formula is C15H23NO3. The number of nitrogens with one attached hydrogen (secondary N) is 1. The molecule has 0 aliphatic carbocycles. The molecule has 0 spiro atoms. The van der Waals surface area contributed by atoms with Crippen molar-refractivity contribution in [1.82, 2.24) is 5.32 Å². The highest BCUT2D eigenvalue weighted by Crippen LogP contribution is 2.18. The Bertz CT molecular complexity index is 396. The second kappa shape index (κ2) is 7.14. The summed E-state index contributed by atoms with van der Waals surface area (Å²) >= 11 is 0. The van der Waals surface area contributed by atoms with Crippen LogP contribution in [0.25, 0.3) is 0 Å². The molecule has 4 heteroatoms. The first-order chi connectivity index (χ1) is 9.04. The molecule has 0 heterocycles. The van der Waals surface area contributed by atoms with Crippen LogP contribution in [0.4, 0.5) is 0 Å². The van der Waals surface area contributed by atoms with Gasteiger partial charge in [0.25, 0.3) is 0 Å². The third kappa shape index (κ3) is 4.24. The molecule has 0 aliphatic rings. The summed E-state index contributed by atoms with van der Waals surface area (Å²) in [7, 11) is 1.69. The summed E-state index contributed by atoms with van der Waals surface area (Å²) in [4.78, 5) is 11.3. The molecule has 0 radical (unpaired) electrons. The molecule has 2 N–H and O–H groups in total. The molecule has 0 aliphatic heterocycles. The smallest absolute Gasteiger partial charge is 0.323 e. The van der Waals surface area contributed by atoms with Gasteiger partial charge in [0.1, 0.15) is 11.3 Å². The van der Waals surface area contributed by atoms with E-state index in [9.17, 15) is 9.90 Å². The fourth-order valence-electron chi connectivity index (χ4n) is 2.04. The number of carbonyl (C=O) groups is 1. The van der Waals surface area contributed by atoms with Gasteiger partial charge in [0.2, 0.25) is 0 Å². The van der Waals surface area contributed by atoms with Crippen molar-refractivity contribution >= 4 is 5.97 Å². The zero-order valence-corrected chi connectivity index (χ0v) is 11.9. The van der Waals surface area contributed by atoms with Crippen molar-refractivity contribution < 1.29 is 14.6 Å². The Kier molecular flexibility index (Phi) is 5.83. The molecule has 0 aromatic heterocycles. The van der Waals surface area contributed by atoms with Crippen LogP contribution in [-0.2, 0) is 4.79 Å². The Morgan fingerprint density at radius 2 is 2.00 bits per heavy atom. The molecule has 19 heavy (non-hydrogen) atoms. The predicted molar refractivity (Wildman–Crippen MR) is 75.6 cm³/mol. The minimum Gasteiger partial charge on any atom is -0.494 e. The number of carboxylic acid groups (broad SMARTS) is 1. The fraction of sp³-hybridized carbons (Fsp3) is 0.533. The van der Waals surface area contributed by atoms with Gasteiger partial charge in [-0.15, -0.1) is 0 Å². The number of aliphatic carboxylic acids is 1. The molecule has 1 atom stereocenters. The van der Waals surface area contributed by atoms with E-state index in [1.165, 1.54) is 5.56 Å². The minimum absolute atomic E-state index is 0.528. The highest BCUT2D eigenvalue weighted by Gasteiger charge is 2.34. The van der Waals surface area contributed by atoms with Gasteiger partial charge >= 0.3 is 5.97 Å². The zero-order valence-electron chi connectivity index (χ0n) is 11.9. The van der Waals surface area contributed by atoms with Gasteiger partial charge in [0, 0.05) is 0 Å². The van der Waals surface area contributed by atoms with Crippen LogP contribution in [0.2, 0.25) is 0 Å². The number of carboxylic acids is 1. The summed E-state index contributed by atoms with van der Waals surface area (Å²) in [6.45, 7) is 4.43. The Morgan fingerprint density at radius 1 is 1.37 bits per heavy atom. The molecule has 1 rings (SSSR count). The number of rotatable bonds is 8. The average molecular weight is 265 g/mol. The van der Waals surface area contributed by atoms with Gasteiger partial charge in [-0.05, 0) is 45.4 Å². The SMILES string of the molecule is CCC(CCCOc1ccc(C)cc1)(NC)C(=O)O. The van der Waals surface area contributed by atoms with Crippen LogP contribution >= 0.6 is 0 Å². The van der Waals surface area contributed by atoms with E-state index in [1.807, 2.05) is 38.1 Å². The van der Waals surface area contributed by atoms with E-state index < -0.39 is 11.5 Å². The number of hydrogen-bond acceptors (Lipinski definition) is 3. The van der Waals surface area contributed by atoms with Crippen LogP contribution in [0.3, 0.4) is 0 Å². The van der Waals surface area contributed by atoms with E-state index in [2.05, 4.69) is 5.32 Å². The molecule has 0 saturated carbocycles. The molecule has 1 unspecified atom stereocenters. The minimum atomic E-state index is -0.837. The topological polar surface area (TPSA) is 58.6 Å². The second-order valence-electron chi connectivity index (χ2n) is 4.76. The van der Waals surface area contributed by atoms with Crippen LogP contribution in [0.1, 0.15) is 31.7 Å². The van der Waals surface area contributed by atoms with Crippen molar-refractivity contribution in [3.05, 3.63) is 29.8 Å². The molecule has 0 saturated heterocycles.